The number of halogens is 2. The summed E-state index contributed by atoms with van der Waals surface area (Å²) in [6.07, 6.45) is 0. The van der Waals surface area contributed by atoms with E-state index in [4.69, 9.17) is 10.5 Å². The average molecular weight is 339 g/mol. The molecule has 0 unspecified atom stereocenters. The largest absolute Gasteiger partial charge is 0.496 e. The zero-order chi connectivity index (χ0) is 14.7. The van der Waals surface area contributed by atoms with Crippen LogP contribution in [0.4, 0.5) is 15.8 Å². The Bertz CT molecular complexity index is 662. The molecule has 6 heteroatoms. The second kappa shape index (κ2) is 5.92. The van der Waals surface area contributed by atoms with Gasteiger partial charge in [0.05, 0.1) is 7.11 Å². The highest BCUT2D eigenvalue weighted by molar-refractivity contribution is 9.10. The van der Waals surface area contributed by atoms with Gasteiger partial charge in [0, 0.05) is 15.8 Å². The lowest BCUT2D eigenvalue weighted by molar-refractivity contribution is 0.102. The molecule has 0 aromatic heterocycles. The Morgan fingerprint density at radius 3 is 2.75 bits per heavy atom. The molecule has 0 spiro atoms. The second-order valence-corrected chi connectivity index (χ2v) is 4.86. The van der Waals surface area contributed by atoms with E-state index in [2.05, 4.69) is 21.2 Å². The first-order valence-electron chi connectivity index (χ1n) is 5.72. The zero-order valence-electron chi connectivity index (χ0n) is 10.6. The molecule has 0 bridgehead atoms. The summed E-state index contributed by atoms with van der Waals surface area (Å²) in [6.45, 7) is 0. The number of carbonyl (C=O) groups excluding carboxylic acids is 1. The monoisotopic (exact) mass is 338 g/mol. The molecule has 0 aliphatic rings. The fourth-order valence-corrected chi connectivity index (χ4v) is 1.96. The highest BCUT2D eigenvalue weighted by Crippen LogP contribution is 2.25. The van der Waals surface area contributed by atoms with E-state index in [1.54, 1.807) is 18.2 Å². The molecule has 0 radical (unpaired) electrons. The van der Waals surface area contributed by atoms with Crippen molar-refractivity contribution in [2.45, 2.75) is 0 Å². The van der Waals surface area contributed by atoms with Gasteiger partial charge in [0.2, 0.25) is 0 Å². The van der Waals surface area contributed by atoms with Crippen LogP contribution in [0.25, 0.3) is 0 Å². The molecular formula is C14H12BrFN2O2. The van der Waals surface area contributed by atoms with E-state index in [0.29, 0.717) is 11.4 Å². The molecule has 104 valence electrons. The fraction of sp³-hybridized carbons (Fsp3) is 0.0714. The number of carbonyl (C=O) groups is 1. The van der Waals surface area contributed by atoms with Crippen LogP contribution in [-0.2, 0) is 0 Å². The van der Waals surface area contributed by atoms with Gasteiger partial charge in [-0.15, -0.1) is 0 Å². The van der Waals surface area contributed by atoms with Crippen molar-refractivity contribution in [3.63, 3.8) is 0 Å². The summed E-state index contributed by atoms with van der Waals surface area (Å²) in [4.78, 5) is 12.1. The summed E-state index contributed by atoms with van der Waals surface area (Å²) in [6, 6.07) is 9.13. The number of ether oxygens (including phenoxy) is 1. The van der Waals surface area contributed by atoms with Gasteiger partial charge < -0.3 is 15.8 Å². The van der Waals surface area contributed by atoms with Crippen molar-refractivity contribution in [3.05, 3.63) is 52.3 Å². The molecule has 2 rings (SSSR count). The lowest BCUT2D eigenvalue weighted by atomic mass is 10.1. The molecular weight excluding hydrogens is 327 g/mol. The quantitative estimate of drug-likeness (QED) is 0.842. The van der Waals surface area contributed by atoms with Gasteiger partial charge in [-0.25, -0.2) is 4.39 Å². The van der Waals surface area contributed by atoms with Crippen LogP contribution >= 0.6 is 15.9 Å². The van der Waals surface area contributed by atoms with Crippen molar-refractivity contribution in [3.8, 4) is 5.75 Å². The molecule has 2 aromatic carbocycles. The molecule has 1 amide bonds. The normalized spacial score (nSPS) is 10.2. The first kappa shape index (κ1) is 14.3. The summed E-state index contributed by atoms with van der Waals surface area (Å²) in [5, 5.41) is 2.58. The molecule has 0 aliphatic heterocycles. The first-order chi connectivity index (χ1) is 9.52. The van der Waals surface area contributed by atoms with Gasteiger partial charge in [-0.05, 0) is 46.3 Å². The molecule has 0 saturated heterocycles. The van der Waals surface area contributed by atoms with Crippen LogP contribution in [0.15, 0.2) is 40.9 Å². The number of nitrogen functional groups attached to an aromatic ring is 1. The third-order valence-corrected chi connectivity index (χ3v) is 3.40. The van der Waals surface area contributed by atoms with E-state index in [1.165, 1.54) is 25.3 Å². The van der Waals surface area contributed by atoms with Crippen LogP contribution in [0.1, 0.15) is 10.4 Å². The van der Waals surface area contributed by atoms with E-state index in [0.717, 1.165) is 4.47 Å². The molecule has 20 heavy (non-hydrogen) atoms. The van der Waals surface area contributed by atoms with Crippen LogP contribution in [0.3, 0.4) is 0 Å². The average Bonchev–Trinajstić information content (AvgIpc) is 2.42. The highest BCUT2D eigenvalue weighted by Gasteiger charge is 2.17. The maximum absolute atomic E-state index is 13.8. The Kier molecular flexibility index (Phi) is 4.24. The summed E-state index contributed by atoms with van der Waals surface area (Å²) in [5.74, 6) is -1.07. The van der Waals surface area contributed by atoms with Crippen molar-refractivity contribution in [1.82, 2.24) is 0 Å². The smallest absolute Gasteiger partial charge is 0.262 e. The number of nitrogens with one attached hydrogen (secondary N) is 1. The molecule has 0 aliphatic carbocycles. The molecule has 4 nitrogen and oxygen atoms in total. The Labute approximate surface area is 123 Å². The molecule has 0 fully saturated rings. The third kappa shape index (κ3) is 2.91. The Hall–Kier alpha value is -2.08. The van der Waals surface area contributed by atoms with E-state index in [-0.39, 0.29) is 11.3 Å². The van der Waals surface area contributed by atoms with Gasteiger partial charge in [0.1, 0.15) is 17.1 Å². The summed E-state index contributed by atoms with van der Waals surface area (Å²) >= 11 is 3.26. The van der Waals surface area contributed by atoms with Gasteiger partial charge in [-0.1, -0.05) is 6.07 Å². The number of benzene rings is 2. The van der Waals surface area contributed by atoms with Crippen LogP contribution in [0.2, 0.25) is 0 Å². The minimum Gasteiger partial charge on any atom is -0.496 e. The number of hydrogen-bond acceptors (Lipinski definition) is 3. The van der Waals surface area contributed by atoms with E-state index in [9.17, 15) is 9.18 Å². The Balaban J connectivity index is 2.30. The Morgan fingerprint density at radius 1 is 1.35 bits per heavy atom. The summed E-state index contributed by atoms with van der Waals surface area (Å²) < 4.78 is 19.5. The zero-order valence-corrected chi connectivity index (χ0v) is 12.2. The summed E-state index contributed by atoms with van der Waals surface area (Å²) in [7, 11) is 1.38. The number of anilines is 2. The van der Waals surface area contributed by atoms with Crippen molar-refractivity contribution < 1.29 is 13.9 Å². The standard InChI is InChI=1S/C14H12BrFN2O2/c1-20-12-4-2-3-10(16)13(12)14(19)18-8-5-6-9(15)11(17)7-8/h2-7H,17H2,1H3,(H,18,19). The van der Waals surface area contributed by atoms with Crippen molar-refractivity contribution in [2.75, 3.05) is 18.2 Å². The Morgan fingerprint density at radius 2 is 2.10 bits per heavy atom. The number of rotatable bonds is 3. The van der Waals surface area contributed by atoms with E-state index >= 15 is 0 Å². The predicted molar refractivity (Wildman–Crippen MR) is 79.5 cm³/mol. The molecule has 2 aromatic rings. The maximum Gasteiger partial charge on any atom is 0.262 e. The summed E-state index contributed by atoms with van der Waals surface area (Å²) in [5.41, 5.74) is 6.53. The van der Waals surface area contributed by atoms with Gasteiger partial charge in [-0.2, -0.15) is 0 Å². The fourth-order valence-electron chi connectivity index (χ4n) is 1.71. The highest BCUT2D eigenvalue weighted by atomic mass is 79.9. The topological polar surface area (TPSA) is 64.3 Å². The van der Waals surface area contributed by atoms with Gasteiger partial charge in [0.25, 0.3) is 5.91 Å². The van der Waals surface area contributed by atoms with Crippen molar-refractivity contribution in [2.24, 2.45) is 0 Å². The lowest BCUT2D eigenvalue weighted by Gasteiger charge is -2.10. The molecule has 0 saturated carbocycles. The predicted octanol–water partition coefficient (Wildman–Crippen LogP) is 3.43. The SMILES string of the molecule is COc1cccc(F)c1C(=O)Nc1ccc(Br)c(N)c1. The van der Waals surface area contributed by atoms with Crippen LogP contribution in [0.5, 0.6) is 5.75 Å². The molecule has 0 heterocycles. The van der Waals surface area contributed by atoms with E-state index in [1.807, 2.05) is 0 Å². The van der Waals surface area contributed by atoms with E-state index < -0.39 is 11.7 Å². The van der Waals surface area contributed by atoms with Crippen molar-refractivity contribution >= 4 is 33.2 Å². The second-order valence-electron chi connectivity index (χ2n) is 4.01. The van der Waals surface area contributed by atoms with Crippen molar-refractivity contribution in [1.29, 1.82) is 0 Å². The van der Waals surface area contributed by atoms with Gasteiger partial charge in [-0.3, -0.25) is 4.79 Å². The third-order valence-electron chi connectivity index (χ3n) is 2.68. The number of nitrogens with two attached hydrogens (primary N) is 1. The van der Waals surface area contributed by atoms with Gasteiger partial charge in [0.15, 0.2) is 0 Å². The minimum absolute atomic E-state index is 0.142. The number of amides is 1. The van der Waals surface area contributed by atoms with Crippen LogP contribution in [-0.4, -0.2) is 13.0 Å². The minimum atomic E-state index is -0.646. The number of methoxy groups -OCH3 is 1. The maximum atomic E-state index is 13.8. The molecule has 0 atom stereocenters. The lowest BCUT2D eigenvalue weighted by Crippen LogP contribution is -2.15. The van der Waals surface area contributed by atoms with Crippen LogP contribution < -0.4 is 15.8 Å². The number of hydrogen-bond donors (Lipinski definition) is 2. The first-order valence-corrected chi connectivity index (χ1v) is 6.51. The van der Waals surface area contributed by atoms with Gasteiger partial charge >= 0.3 is 0 Å². The molecule has 3 N–H and O–H groups in total. The van der Waals surface area contributed by atoms with Crippen LogP contribution in [0, 0.1) is 5.82 Å².